The highest BCUT2D eigenvalue weighted by molar-refractivity contribution is 5.78. The van der Waals surface area contributed by atoms with Gasteiger partial charge in [0, 0.05) is 45.0 Å². The second-order valence-corrected chi connectivity index (χ2v) is 7.65. The van der Waals surface area contributed by atoms with E-state index in [0.717, 1.165) is 50.8 Å². The lowest BCUT2D eigenvalue weighted by Crippen LogP contribution is -2.52. The van der Waals surface area contributed by atoms with E-state index in [1.54, 1.807) is 0 Å². The first-order valence-corrected chi connectivity index (χ1v) is 9.20. The number of carbonyl (C=O) groups excluding carboxylic acids is 1. The zero-order chi connectivity index (χ0) is 17.1. The minimum atomic E-state index is 0.301. The van der Waals surface area contributed by atoms with E-state index < -0.39 is 0 Å². The number of amides is 1. The Morgan fingerprint density at radius 2 is 1.79 bits per heavy atom. The number of aromatic nitrogens is 1. The third kappa shape index (κ3) is 4.26. The second kappa shape index (κ2) is 7.51. The molecular formula is C19H30N4O. The smallest absolute Gasteiger partial charge is 0.236 e. The van der Waals surface area contributed by atoms with Crippen molar-refractivity contribution in [3.05, 3.63) is 23.9 Å². The molecule has 24 heavy (non-hydrogen) atoms. The highest BCUT2D eigenvalue weighted by atomic mass is 16.2. The van der Waals surface area contributed by atoms with Crippen molar-refractivity contribution >= 4 is 11.7 Å². The molecule has 1 aromatic rings. The normalized spacial score (nSPS) is 25.8. The van der Waals surface area contributed by atoms with Crippen LogP contribution in [-0.2, 0) is 4.79 Å². The largest absolute Gasteiger partial charge is 0.354 e. The fourth-order valence-corrected chi connectivity index (χ4v) is 4.00. The summed E-state index contributed by atoms with van der Waals surface area (Å²) < 4.78 is 0. The van der Waals surface area contributed by atoms with Crippen LogP contribution < -0.4 is 4.90 Å². The van der Waals surface area contributed by atoms with Crippen molar-refractivity contribution in [3.8, 4) is 0 Å². The van der Waals surface area contributed by atoms with E-state index in [2.05, 4.69) is 45.7 Å². The van der Waals surface area contributed by atoms with Crippen molar-refractivity contribution in [2.24, 2.45) is 11.8 Å². The van der Waals surface area contributed by atoms with Gasteiger partial charge >= 0.3 is 0 Å². The number of hydrogen-bond donors (Lipinski definition) is 0. The molecule has 132 valence electrons. The van der Waals surface area contributed by atoms with Gasteiger partial charge in [-0.2, -0.15) is 0 Å². The number of pyridine rings is 1. The summed E-state index contributed by atoms with van der Waals surface area (Å²) in [6.07, 6.45) is 1.24. The van der Waals surface area contributed by atoms with Crippen LogP contribution in [-0.4, -0.2) is 66.5 Å². The van der Waals surface area contributed by atoms with Gasteiger partial charge in [0.1, 0.15) is 5.82 Å². The van der Waals surface area contributed by atoms with Gasteiger partial charge in [-0.1, -0.05) is 19.9 Å². The van der Waals surface area contributed by atoms with E-state index in [1.165, 1.54) is 6.42 Å². The van der Waals surface area contributed by atoms with Crippen LogP contribution >= 0.6 is 0 Å². The summed E-state index contributed by atoms with van der Waals surface area (Å²) in [7, 11) is 0. The molecule has 2 atom stereocenters. The average molecular weight is 330 g/mol. The molecule has 2 fully saturated rings. The topological polar surface area (TPSA) is 39.7 Å². The van der Waals surface area contributed by atoms with Crippen LogP contribution in [0.4, 0.5) is 5.82 Å². The van der Waals surface area contributed by atoms with Gasteiger partial charge < -0.3 is 9.80 Å². The minimum Gasteiger partial charge on any atom is -0.354 e. The van der Waals surface area contributed by atoms with Gasteiger partial charge in [-0.15, -0.1) is 0 Å². The number of carbonyl (C=O) groups is 1. The molecule has 5 nitrogen and oxygen atoms in total. The molecule has 0 N–H and O–H groups in total. The summed E-state index contributed by atoms with van der Waals surface area (Å²) in [6, 6.07) is 6.16. The first-order valence-electron chi connectivity index (χ1n) is 9.20. The molecule has 2 unspecified atom stereocenters. The zero-order valence-corrected chi connectivity index (χ0v) is 15.2. The Labute approximate surface area is 145 Å². The Kier molecular flexibility index (Phi) is 5.39. The first-order chi connectivity index (χ1) is 11.5. The van der Waals surface area contributed by atoms with Gasteiger partial charge in [-0.05, 0) is 37.3 Å². The molecule has 1 amide bonds. The number of aryl methyl sites for hydroxylation is 1. The zero-order valence-electron chi connectivity index (χ0n) is 15.2. The molecule has 5 heteroatoms. The van der Waals surface area contributed by atoms with Crippen molar-refractivity contribution in [1.82, 2.24) is 14.8 Å². The third-order valence-electron chi connectivity index (χ3n) is 5.15. The lowest BCUT2D eigenvalue weighted by atomic mass is 9.92. The molecule has 2 saturated heterocycles. The Morgan fingerprint density at radius 1 is 1.12 bits per heavy atom. The number of hydrogen-bond acceptors (Lipinski definition) is 4. The molecule has 2 aliphatic heterocycles. The van der Waals surface area contributed by atoms with Crippen LogP contribution in [0, 0.1) is 18.8 Å². The standard InChI is InChI=1S/C19H30N4O/c1-15-11-16(2)13-23(12-15)19(24)14-21-7-9-22(10-8-21)18-6-4-5-17(3)20-18/h4-6,15-16H,7-14H2,1-3H3. The van der Waals surface area contributed by atoms with Crippen LogP contribution in [0.25, 0.3) is 0 Å². The van der Waals surface area contributed by atoms with Crippen molar-refractivity contribution in [1.29, 1.82) is 0 Å². The molecule has 0 saturated carbocycles. The third-order valence-corrected chi connectivity index (χ3v) is 5.15. The summed E-state index contributed by atoms with van der Waals surface area (Å²) in [4.78, 5) is 23.9. The highest BCUT2D eigenvalue weighted by Gasteiger charge is 2.27. The van der Waals surface area contributed by atoms with Crippen LogP contribution in [0.2, 0.25) is 0 Å². The highest BCUT2D eigenvalue weighted by Crippen LogP contribution is 2.21. The van der Waals surface area contributed by atoms with Gasteiger partial charge in [0.25, 0.3) is 0 Å². The van der Waals surface area contributed by atoms with Gasteiger partial charge in [0.2, 0.25) is 5.91 Å². The van der Waals surface area contributed by atoms with Crippen molar-refractivity contribution in [3.63, 3.8) is 0 Å². The first kappa shape index (κ1) is 17.2. The Hall–Kier alpha value is -1.62. The Morgan fingerprint density at radius 3 is 2.42 bits per heavy atom. The number of likely N-dealkylation sites (tertiary alicyclic amines) is 1. The van der Waals surface area contributed by atoms with Gasteiger partial charge in [0.15, 0.2) is 0 Å². The molecule has 1 aromatic heterocycles. The molecular weight excluding hydrogens is 300 g/mol. The predicted molar refractivity (Wildman–Crippen MR) is 97.2 cm³/mol. The maximum absolute atomic E-state index is 12.6. The predicted octanol–water partition coefficient (Wildman–Crippen LogP) is 2.02. The number of anilines is 1. The monoisotopic (exact) mass is 330 g/mol. The SMILES string of the molecule is Cc1cccc(N2CCN(CC(=O)N3CC(C)CC(C)C3)CC2)n1. The van der Waals surface area contributed by atoms with E-state index in [4.69, 9.17) is 0 Å². The lowest BCUT2D eigenvalue weighted by molar-refractivity contribution is -0.135. The number of piperazine rings is 1. The summed E-state index contributed by atoms with van der Waals surface area (Å²) in [5, 5.41) is 0. The number of piperidine rings is 1. The number of rotatable bonds is 3. The lowest BCUT2D eigenvalue weighted by Gasteiger charge is -2.38. The van der Waals surface area contributed by atoms with E-state index in [0.29, 0.717) is 24.3 Å². The Bertz CT molecular complexity index is 558. The summed E-state index contributed by atoms with van der Waals surface area (Å²) >= 11 is 0. The van der Waals surface area contributed by atoms with E-state index in [1.807, 2.05) is 13.0 Å². The molecule has 3 heterocycles. The summed E-state index contributed by atoms with van der Waals surface area (Å²) in [6.45, 7) is 12.7. The van der Waals surface area contributed by atoms with Crippen molar-refractivity contribution in [2.75, 3.05) is 50.7 Å². The van der Waals surface area contributed by atoms with Gasteiger partial charge in [-0.3, -0.25) is 9.69 Å². The van der Waals surface area contributed by atoms with Crippen LogP contribution in [0.3, 0.4) is 0 Å². The molecule has 0 aliphatic carbocycles. The molecule has 3 rings (SSSR count). The fourth-order valence-electron chi connectivity index (χ4n) is 4.00. The van der Waals surface area contributed by atoms with E-state index in [9.17, 15) is 4.79 Å². The second-order valence-electron chi connectivity index (χ2n) is 7.65. The Balaban J connectivity index is 1.49. The van der Waals surface area contributed by atoms with Crippen molar-refractivity contribution < 1.29 is 4.79 Å². The van der Waals surface area contributed by atoms with Crippen LogP contribution in [0.15, 0.2) is 18.2 Å². The average Bonchev–Trinajstić information content (AvgIpc) is 2.54. The van der Waals surface area contributed by atoms with Crippen molar-refractivity contribution in [2.45, 2.75) is 27.2 Å². The van der Waals surface area contributed by atoms with E-state index in [-0.39, 0.29) is 0 Å². The van der Waals surface area contributed by atoms with Crippen LogP contribution in [0.5, 0.6) is 0 Å². The fraction of sp³-hybridized carbons (Fsp3) is 0.684. The maximum atomic E-state index is 12.6. The van der Waals surface area contributed by atoms with Gasteiger partial charge in [-0.25, -0.2) is 4.98 Å². The summed E-state index contributed by atoms with van der Waals surface area (Å²) in [5.41, 5.74) is 1.05. The summed E-state index contributed by atoms with van der Waals surface area (Å²) in [5.74, 6) is 2.61. The van der Waals surface area contributed by atoms with Crippen LogP contribution in [0.1, 0.15) is 26.0 Å². The molecule has 0 spiro atoms. The molecule has 0 aromatic carbocycles. The maximum Gasteiger partial charge on any atom is 0.236 e. The quantitative estimate of drug-likeness (QED) is 0.850. The van der Waals surface area contributed by atoms with Gasteiger partial charge in [0.05, 0.1) is 6.54 Å². The minimum absolute atomic E-state index is 0.301. The number of nitrogens with zero attached hydrogens (tertiary/aromatic N) is 4. The molecule has 0 bridgehead atoms. The molecule has 2 aliphatic rings. The van der Waals surface area contributed by atoms with E-state index >= 15 is 0 Å². The molecule has 0 radical (unpaired) electrons.